The first-order chi connectivity index (χ1) is 9.78. The quantitative estimate of drug-likeness (QED) is 0.624. The zero-order chi connectivity index (χ0) is 15.9. The number of carbonyl (C=O) groups excluding carboxylic acids is 2. The summed E-state index contributed by atoms with van der Waals surface area (Å²) >= 11 is 3.35. The highest BCUT2D eigenvalue weighted by Crippen LogP contribution is 2.20. The molecule has 0 saturated carbocycles. The molecule has 6 heteroatoms. The minimum atomic E-state index is -0.471. The molecular formula is C15H21BrN2O3. The monoisotopic (exact) mass is 356 g/mol. The van der Waals surface area contributed by atoms with Gasteiger partial charge in [-0.15, -0.1) is 0 Å². The van der Waals surface area contributed by atoms with E-state index in [0.29, 0.717) is 18.7 Å². The van der Waals surface area contributed by atoms with Gasteiger partial charge in [-0.1, -0.05) is 12.1 Å². The Bertz CT molecular complexity index is 498. The molecule has 0 radical (unpaired) electrons. The largest absolute Gasteiger partial charge is 0.460 e. The summed E-state index contributed by atoms with van der Waals surface area (Å²) in [4.78, 5) is 23.2. The summed E-state index contributed by atoms with van der Waals surface area (Å²) < 4.78 is 6.00. The van der Waals surface area contributed by atoms with Crippen LogP contribution >= 0.6 is 15.9 Å². The number of halogens is 1. The first-order valence-electron chi connectivity index (χ1n) is 6.79. The molecule has 0 spiro atoms. The third-order valence-corrected chi connectivity index (χ3v) is 3.08. The van der Waals surface area contributed by atoms with E-state index < -0.39 is 5.60 Å². The Morgan fingerprint density at radius 1 is 1.24 bits per heavy atom. The normalized spacial score (nSPS) is 10.9. The highest BCUT2D eigenvalue weighted by Gasteiger charge is 2.15. The van der Waals surface area contributed by atoms with Crippen molar-refractivity contribution in [1.29, 1.82) is 0 Å². The number of ether oxygens (including phenoxy) is 1. The lowest BCUT2D eigenvalue weighted by Gasteiger charge is -2.19. The first-order valence-corrected chi connectivity index (χ1v) is 7.58. The summed E-state index contributed by atoms with van der Waals surface area (Å²) in [5.74, 6) is -0.254. The molecule has 0 unspecified atom stereocenters. The Morgan fingerprint density at radius 3 is 2.52 bits per heavy atom. The van der Waals surface area contributed by atoms with E-state index in [-0.39, 0.29) is 18.4 Å². The second-order valence-electron chi connectivity index (χ2n) is 5.55. The van der Waals surface area contributed by atoms with Crippen molar-refractivity contribution in [1.82, 2.24) is 5.32 Å². The van der Waals surface area contributed by atoms with Crippen LogP contribution in [-0.4, -0.2) is 24.1 Å². The Kier molecular flexibility index (Phi) is 6.68. The van der Waals surface area contributed by atoms with Crippen LogP contribution in [0.5, 0.6) is 0 Å². The molecule has 2 amide bonds. The van der Waals surface area contributed by atoms with E-state index in [2.05, 4.69) is 26.6 Å². The van der Waals surface area contributed by atoms with Gasteiger partial charge < -0.3 is 15.4 Å². The summed E-state index contributed by atoms with van der Waals surface area (Å²) in [5, 5.41) is 5.42. The molecule has 0 aliphatic heterocycles. The molecule has 2 N–H and O–H groups in total. The number of rotatable bonds is 5. The zero-order valence-electron chi connectivity index (χ0n) is 12.5. The fourth-order valence-corrected chi connectivity index (χ4v) is 1.94. The van der Waals surface area contributed by atoms with Gasteiger partial charge in [0.15, 0.2) is 0 Å². The minimum absolute atomic E-state index is 0.254. The Morgan fingerprint density at radius 2 is 1.90 bits per heavy atom. The van der Waals surface area contributed by atoms with Gasteiger partial charge in [0.2, 0.25) is 0 Å². The molecular weight excluding hydrogens is 336 g/mol. The van der Waals surface area contributed by atoms with Crippen LogP contribution in [-0.2, 0) is 9.53 Å². The maximum atomic E-state index is 11.7. The van der Waals surface area contributed by atoms with Crippen LogP contribution in [0.1, 0.15) is 33.6 Å². The minimum Gasteiger partial charge on any atom is -0.460 e. The van der Waals surface area contributed by atoms with E-state index in [1.54, 1.807) is 6.07 Å². The van der Waals surface area contributed by atoms with Crippen molar-refractivity contribution < 1.29 is 14.3 Å². The van der Waals surface area contributed by atoms with Gasteiger partial charge in [0.25, 0.3) is 0 Å². The van der Waals surface area contributed by atoms with Crippen molar-refractivity contribution in [3.8, 4) is 0 Å². The van der Waals surface area contributed by atoms with Crippen molar-refractivity contribution in [2.24, 2.45) is 0 Å². The van der Waals surface area contributed by atoms with Crippen molar-refractivity contribution in [2.45, 2.75) is 39.2 Å². The number of benzene rings is 1. The number of esters is 1. The van der Waals surface area contributed by atoms with E-state index in [0.717, 1.165) is 4.47 Å². The van der Waals surface area contributed by atoms with E-state index in [9.17, 15) is 9.59 Å². The SMILES string of the molecule is CC(C)(C)OC(=O)CCCNC(=O)Nc1ccccc1Br. The van der Waals surface area contributed by atoms with Crippen LogP contribution in [0.3, 0.4) is 0 Å². The highest BCUT2D eigenvalue weighted by molar-refractivity contribution is 9.10. The van der Waals surface area contributed by atoms with E-state index in [1.165, 1.54) is 0 Å². The molecule has 0 aliphatic rings. The lowest BCUT2D eigenvalue weighted by atomic mass is 10.2. The lowest BCUT2D eigenvalue weighted by Crippen LogP contribution is -2.30. The molecule has 1 aromatic rings. The second kappa shape index (κ2) is 8.02. The van der Waals surface area contributed by atoms with Gasteiger partial charge in [-0.2, -0.15) is 0 Å². The predicted octanol–water partition coefficient (Wildman–Crippen LogP) is 3.69. The predicted molar refractivity (Wildman–Crippen MR) is 86.2 cm³/mol. The summed E-state index contributed by atoms with van der Waals surface area (Å²) in [6.45, 7) is 5.90. The maximum absolute atomic E-state index is 11.7. The Labute approximate surface area is 133 Å². The summed E-state index contributed by atoms with van der Waals surface area (Å²) in [7, 11) is 0. The number of anilines is 1. The molecule has 1 aromatic carbocycles. The number of para-hydroxylation sites is 1. The Balaban J connectivity index is 2.23. The van der Waals surface area contributed by atoms with E-state index in [1.807, 2.05) is 39.0 Å². The molecule has 21 heavy (non-hydrogen) atoms. The molecule has 0 aliphatic carbocycles. The molecule has 5 nitrogen and oxygen atoms in total. The van der Waals surface area contributed by atoms with Crippen LogP contribution in [0, 0.1) is 0 Å². The van der Waals surface area contributed by atoms with Crippen LogP contribution in [0.25, 0.3) is 0 Å². The number of urea groups is 1. The Hall–Kier alpha value is -1.56. The molecule has 1 rings (SSSR count). The second-order valence-corrected chi connectivity index (χ2v) is 6.41. The topological polar surface area (TPSA) is 67.4 Å². The molecule has 0 heterocycles. The molecule has 0 bridgehead atoms. The smallest absolute Gasteiger partial charge is 0.319 e. The van der Waals surface area contributed by atoms with Gasteiger partial charge in [0, 0.05) is 17.4 Å². The van der Waals surface area contributed by atoms with Crippen LogP contribution in [0.4, 0.5) is 10.5 Å². The number of amides is 2. The molecule has 0 saturated heterocycles. The van der Waals surface area contributed by atoms with Gasteiger partial charge >= 0.3 is 12.0 Å². The van der Waals surface area contributed by atoms with Crippen LogP contribution in [0.2, 0.25) is 0 Å². The average Bonchev–Trinajstić information content (AvgIpc) is 2.35. The van der Waals surface area contributed by atoms with Gasteiger partial charge in [0.1, 0.15) is 5.60 Å². The number of hydrogen-bond donors (Lipinski definition) is 2. The fourth-order valence-electron chi connectivity index (χ4n) is 1.56. The summed E-state index contributed by atoms with van der Waals surface area (Å²) in [5.41, 5.74) is 0.226. The molecule has 116 valence electrons. The van der Waals surface area contributed by atoms with Crippen molar-refractivity contribution in [2.75, 3.05) is 11.9 Å². The number of carbonyl (C=O) groups is 2. The lowest BCUT2D eigenvalue weighted by molar-refractivity contribution is -0.154. The van der Waals surface area contributed by atoms with Gasteiger partial charge in [0.05, 0.1) is 5.69 Å². The van der Waals surface area contributed by atoms with Gasteiger partial charge in [-0.25, -0.2) is 4.79 Å². The molecule has 0 fully saturated rings. The zero-order valence-corrected chi connectivity index (χ0v) is 14.1. The average molecular weight is 357 g/mol. The third-order valence-electron chi connectivity index (χ3n) is 2.39. The van der Waals surface area contributed by atoms with Crippen molar-refractivity contribution in [3.63, 3.8) is 0 Å². The highest BCUT2D eigenvalue weighted by atomic mass is 79.9. The first kappa shape index (κ1) is 17.5. The molecule has 0 atom stereocenters. The fraction of sp³-hybridized carbons (Fsp3) is 0.467. The van der Waals surface area contributed by atoms with Crippen LogP contribution in [0.15, 0.2) is 28.7 Å². The third kappa shape index (κ3) is 7.70. The number of nitrogens with one attached hydrogen (secondary N) is 2. The van der Waals surface area contributed by atoms with Crippen molar-refractivity contribution in [3.05, 3.63) is 28.7 Å². The summed E-state index contributed by atoms with van der Waals surface area (Å²) in [6.07, 6.45) is 0.824. The van der Waals surface area contributed by atoms with Crippen molar-refractivity contribution >= 4 is 33.6 Å². The standard InChI is InChI=1S/C15H21BrN2O3/c1-15(2,3)21-13(19)9-6-10-17-14(20)18-12-8-5-4-7-11(12)16/h4-5,7-8H,6,9-10H2,1-3H3,(H2,17,18,20). The maximum Gasteiger partial charge on any atom is 0.319 e. The molecule has 0 aromatic heterocycles. The van der Waals surface area contributed by atoms with Gasteiger partial charge in [-0.05, 0) is 55.3 Å². The van der Waals surface area contributed by atoms with Crippen LogP contribution < -0.4 is 10.6 Å². The van der Waals surface area contributed by atoms with E-state index in [4.69, 9.17) is 4.74 Å². The summed E-state index contributed by atoms with van der Waals surface area (Å²) in [6, 6.07) is 7.05. The van der Waals surface area contributed by atoms with E-state index >= 15 is 0 Å². The number of hydrogen-bond acceptors (Lipinski definition) is 3. The van der Waals surface area contributed by atoms with Gasteiger partial charge in [-0.3, -0.25) is 4.79 Å².